The Bertz CT molecular complexity index is 2010. The van der Waals surface area contributed by atoms with Crippen LogP contribution in [0.15, 0.2) is 95.5 Å². The van der Waals surface area contributed by atoms with Crippen molar-refractivity contribution in [3.8, 4) is 17.5 Å². The number of carbonyl (C=O) groups excluding carboxylic acids is 1. The van der Waals surface area contributed by atoms with Gasteiger partial charge in [0, 0.05) is 36.3 Å². The van der Waals surface area contributed by atoms with E-state index >= 15 is 0 Å². The smallest absolute Gasteiger partial charge is 0.267 e. The lowest BCUT2D eigenvalue weighted by molar-refractivity contribution is 0.0939. The fraction of sp³-hybridized carbons (Fsp3) is 0.176. The molecule has 0 aliphatic rings. The number of aryl methyl sites for hydroxylation is 1. The summed E-state index contributed by atoms with van der Waals surface area (Å²) in [5.74, 6) is 6.47. The van der Waals surface area contributed by atoms with Gasteiger partial charge in [-0.25, -0.2) is 14.7 Å². The summed E-state index contributed by atoms with van der Waals surface area (Å²) < 4.78 is 2.97. The van der Waals surface area contributed by atoms with Gasteiger partial charge in [0.2, 0.25) is 0 Å². The molecule has 0 aliphatic heterocycles. The predicted molar refractivity (Wildman–Crippen MR) is 173 cm³/mol. The zero-order chi connectivity index (χ0) is 31.4. The zero-order valence-corrected chi connectivity index (χ0v) is 24.9. The highest BCUT2D eigenvalue weighted by Gasteiger charge is 2.26. The second kappa shape index (κ2) is 12.6. The number of nitrogens with one attached hydrogen (secondary N) is 1. The van der Waals surface area contributed by atoms with Gasteiger partial charge >= 0.3 is 0 Å². The van der Waals surface area contributed by atoms with Crippen molar-refractivity contribution in [2.75, 3.05) is 5.73 Å². The van der Waals surface area contributed by atoms with Crippen LogP contribution < -0.4 is 16.6 Å². The fourth-order valence-electron chi connectivity index (χ4n) is 4.79. The van der Waals surface area contributed by atoms with Gasteiger partial charge < -0.3 is 11.1 Å². The number of fused-ring (bicyclic) bond motifs is 1. The van der Waals surface area contributed by atoms with E-state index in [4.69, 9.17) is 10.7 Å². The van der Waals surface area contributed by atoms with Crippen molar-refractivity contribution in [2.24, 2.45) is 18.0 Å². The molecular weight excluding hydrogens is 552 g/mol. The van der Waals surface area contributed by atoms with Gasteiger partial charge in [0.05, 0.1) is 22.6 Å². The molecule has 0 bridgehead atoms. The van der Waals surface area contributed by atoms with Crippen LogP contribution in [0.3, 0.4) is 0 Å². The van der Waals surface area contributed by atoms with Gasteiger partial charge in [0.25, 0.3) is 11.5 Å². The normalized spacial score (nSPS) is 12.1. The molecule has 2 aromatic carbocycles. The van der Waals surface area contributed by atoms with Gasteiger partial charge in [0.1, 0.15) is 11.4 Å². The molecule has 0 saturated carbocycles. The number of allylic oxidation sites excluding steroid dienone is 1. The van der Waals surface area contributed by atoms with Crippen molar-refractivity contribution in [3.05, 3.63) is 119 Å². The van der Waals surface area contributed by atoms with Crippen molar-refractivity contribution < 1.29 is 4.79 Å². The number of aliphatic imine (C=N–C) groups is 1. The van der Waals surface area contributed by atoms with Crippen molar-refractivity contribution in [2.45, 2.75) is 26.8 Å². The molecule has 220 valence electrons. The Morgan fingerprint density at radius 2 is 1.77 bits per heavy atom. The quantitative estimate of drug-likeness (QED) is 0.207. The molecule has 1 amide bonds. The number of aromatic nitrogens is 5. The average molecular weight is 585 g/mol. The topological polar surface area (TPSA) is 133 Å². The van der Waals surface area contributed by atoms with Crippen molar-refractivity contribution in [3.63, 3.8) is 0 Å². The summed E-state index contributed by atoms with van der Waals surface area (Å²) in [6, 6.07) is 17.4. The first-order valence-corrected chi connectivity index (χ1v) is 14.1. The highest BCUT2D eigenvalue weighted by Crippen LogP contribution is 2.27. The molecule has 0 saturated heterocycles. The molecular formula is C34H32N8O2. The third kappa shape index (κ3) is 5.89. The average Bonchev–Trinajstić information content (AvgIpc) is 3.31. The standard InChI is InChI=1S/C34H32N8O2/c1-6-26(21(2)3)38-32-29(30(35)40-41(32)5)33(43)37-22(4)31-39-27-14-10-11-24(16-15-23-17-19-36-20-18-23)28(27)34(44)42(31)25-12-8-7-9-13-25/h6-14,17-22H,1H2,2-5H3,(H2,35,40)(H,37,43)/b38-26+. The van der Waals surface area contributed by atoms with Crippen LogP contribution in [0.5, 0.6) is 0 Å². The van der Waals surface area contributed by atoms with Crippen LogP contribution in [0.25, 0.3) is 16.6 Å². The molecule has 1 atom stereocenters. The Morgan fingerprint density at radius 3 is 2.45 bits per heavy atom. The third-order valence-electron chi connectivity index (χ3n) is 7.00. The number of hydrogen-bond acceptors (Lipinski definition) is 7. The summed E-state index contributed by atoms with van der Waals surface area (Å²) in [6.07, 6.45) is 4.97. The first kappa shape index (κ1) is 29.7. The molecule has 5 rings (SSSR count). The lowest BCUT2D eigenvalue weighted by Gasteiger charge is -2.20. The number of nitrogen functional groups attached to an aromatic ring is 1. The first-order chi connectivity index (χ1) is 21.2. The second-order valence-corrected chi connectivity index (χ2v) is 10.4. The summed E-state index contributed by atoms with van der Waals surface area (Å²) in [5, 5.41) is 7.57. The maximum absolute atomic E-state index is 14.2. The zero-order valence-electron chi connectivity index (χ0n) is 24.9. The molecule has 0 fully saturated rings. The van der Waals surface area contributed by atoms with Crippen molar-refractivity contribution in [1.82, 2.24) is 29.6 Å². The van der Waals surface area contributed by atoms with Gasteiger partial charge in [-0.15, -0.1) is 0 Å². The maximum Gasteiger partial charge on any atom is 0.267 e. The molecule has 10 nitrogen and oxygen atoms in total. The molecule has 1 unspecified atom stereocenters. The Labute approximate surface area is 255 Å². The molecule has 3 heterocycles. The Balaban J connectivity index is 1.62. The Morgan fingerprint density at radius 1 is 1.05 bits per heavy atom. The molecule has 3 N–H and O–H groups in total. The summed E-state index contributed by atoms with van der Waals surface area (Å²) >= 11 is 0. The predicted octanol–water partition coefficient (Wildman–Crippen LogP) is 4.90. The van der Waals surface area contributed by atoms with E-state index in [1.165, 1.54) is 9.25 Å². The summed E-state index contributed by atoms with van der Waals surface area (Å²) in [7, 11) is 1.67. The molecule has 5 aromatic rings. The number of para-hydroxylation sites is 1. The molecule has 10 heteroatoms. The number of amides is 1. The first-order valence-electron chi connectivity index (χ1n) is 14.1. The number of nitrogens with zero attached hydrogens (tertiary/aromatic N) is 6. The molecule has 0 aliphatic carbocycles. The fourth-order valence-corrected chi connectivity index (χ4v) is 4.79. The van der Waals surface area contributed by atoms with E-state index in [1.807, 2.05) is 44.2 Å². The van der Waals surface area contributed by atoms with Crippen molar-refractivity contribution >= 4 is 34.2 Å². The van der Waals surface area contributed by atoms with Crippen LogP contribution in [-0.2, 0) is 7.05 Å². The molecule has 44 heavy (non-hydrogen) atoms. The van der Waals surface area contributed by atoms with Crippen LogP contribution in [-0.4, -0.2) is 35.9 Å². The summed E-state index contributed by atoms with van der Waals surface area (Å²) in [4.78, 5) is 41.5. The maximum atomic E-state index is 14.2. The number of hydrogen-bond donors (Lipinski definition) is 2. The Kier molecular flexibility index (Phi) is 8.49. The van der Waals surface area contributed by atoms with Gasteiger partial charge in [-0.3, -0.25) is 19.1 Å². The van der Waals surface area contributed by atoms with E-state index in [0.29, 0.717) is 39.5 Å². The minimum Gasteiger partial charge on any atom is -0.381 e. The van der Waals surface area contributed by atoms with E-state index in [9.17, 15) is 9.59 Å². The molecule has 0 radical (unpaired) electrons. The van der Waals surface area contributed by atoms with Crippen LogP contribution in [0.1, 0.15) is 54.1 Å². The largest absolute Gasteiger partial charge is 0.381 e. The summed E-state index contributed by atoms with van der Waals surface area (Å²) in [6.45, 7) is 9.56. The van der Waals surface area contributed by atoms with E-state index in [2.05, 4.69) is 38.8 Å². The van der Waals surface area contributed by atoms with Crippen LogP contribution in [0, 0.1) is 17.8 Å². The van der Waals surface area contributed by atoms with E-state index in [1.54, 1.807) is 62.8 Å². The highest BCUT2D eigenvalue weighted by molar-refractivity contribution is 6.05. The molecule has 3 aromatic heterocycles. The number of benzene rings is 2. The van der Waals surface area contributed by atoms with E-state index < -0.39 is 11.9 Å². The van der Waals surface area contributed by atoms with Gasteiger partial charge in [0.15, 0.2) is 11.6 Å². The highest BCUT2D eigenvalue weighted by atomic mass is 16.2. The van der Waals surface area contributed by atoms with Gasteiger partial charge in [-0.2, -0.15) is 5.10 Å². The number of rotatable bonds is 7. The number of carbonyl (C=O) groups is 1. The lowest BCUT2D eigenvalue weighted by Crippen LogP contribution is -2.33. The van der Waals surface area contributed by atoms with E-state index in [-0.39, 0.29) is 22.9 Å². The van der Waals surface area contributed by atoms with Crippen LogP contribution in [0.2, 0.25) is 0 Å². The number of nitrogens with two attached hydrogens (primary N) is 1. The SMILES string of the molecule is C=C/C(=N\c1c(C(=O)NC(C)c2nc3cccc(C#Cc4ccncc4)c3c(=O)n2-c2ccccc2)c(N)nn1C)C(C)C. The third-order valence-corrected chi connectivity index (χ3v) is 7.00. The Hall–Kier alpha value is -5.82. The minimum atomic E-state index is -0.716. The number of pyridine rings is 1. The van der Waals surface area contributed by atoms with Gasteiger partial charge in [-0.05, 0) is 55.3 Å². The van der Waals surface area contributed by atoms with Crippen LogP contribution >= 0.6 is 0 Å². The summed E-state index contributed by atoms with van der Waals surface area (Å²) in [5.41, 5.74) is 9.05. The lowest BCUT2D eigenvalue weighted by atomic mass is 10.1. The minimum absolute atomic E-state index is 0.0347. The van der Waals surface area contributed by atoms with Gasteiger partial charge in [-0.1, -0.05) is 56.5 Å². The van der Waals surface area contributed by atoms with Crippen molar-refractivity contribution in [1.29, 1.82) is 0 Å². The second-order valence-electron chi connectivity index (χ2n) is 10.4. The van der Waals surface area contributed by atoms with E-state index in [0.717, 1.165) is 5.56 Å². The monoisotopic (exact) mass is 584 g/mol. The molecule has 0 spiro atoms. The number of anilines is 1. The van der Waals surface area contributed by atoms with Crippen LogP contribution in [0.4, 0.5) is 11.6 Å².